The Morgan fingerprint density at radius 1 is 1.15 bits per heavy atom. The summed E-state index contributed by atoms with van der Waals surface area (Å²) >= 11 is 0. The number of hydrogen-bond acceptors (Lipinski definition) is 3. The van der Waals surface area contributed by atoms with Crippen LogP contribution in [0.5, 0.6) is 0 Å². The van der Waals surface area contributed by atoms with Crippen LogP contribution in [0.25, 0.3) is 0 Å². The fourth-order valence-corrected chi connectivity index (χ4v) is 3.62. The zero-order chi connectivity index (χ0) is 14.4. The maximum absolute atomic E-state index is 13.0. The summed E-state index contributed by atoms with van der Waals surface area (Å²) in [6.45, 7) is 0.723. The normalized spacial score (nSPS) is 27.2. The Balaban J connectivity index is 2.19. The molecule has 0 bridgehead atoms. The third-order valence-electron chi connectivity index (χ3n) is 4.93. The molecule has 2 fully saturated rings. The predicted octanol–water partition coefficient (Wildman–Crippen LogP) is 2.61. The van der Waals surface area contributed by atoms with Crippen LogP contribution >= 0.6 is 0 Å². The minimum Gasteiger partial charge on any atom is -0.394 e. The molecular formula is C16H26N2O2. The highest BCUT2D eigenvalue weighted by atomic mass is 16.3. The summed E-state index contributed by atoms with van der Waals surface area (Å²) in [5.41, 5.74) is -0.825. The summed E-state index contributed by atoms with van der Waals surface area (Å²) in [4.78, 5) is 14.8. The first kappa shape index (κ1) is 15.3. The van der Waals surface area contributed by atoms with Crippen molar-refractivity contribution >= 4 is 5.91 Å². The highest BCUT2D eigenvalue weighted by Gasteiger charge is 2.43. The Bertz CT molecular complexity index is 367. The lowest BCUT2D eigenvalue weighted by Crippen LogP contribution is -2.49. The third kappa shape index (κ3) is 3.15. The minimum absolute atomic E-state index is 0.0112. The Morgan fingerprint density at radius 2 is 1.80 bits per heavy atom. The molecule has 1 amide bonds. The Labute approximate surface area is 121 Å². The molecule has 1 saturated heterocycles. The van der Waals surface area contributed by atoms with E-state index in [1.54, 1.807) is 0 Å². The molecule has 0 radical (unpaired) electrons. The van der Waals surface area contributed by atoms with Crippen LogP contribution in [0.2, 0.25) is 0 Å². The molecule has 1 aliphatic heterocycles. The van der Waals surface area contributed by atoms with E-state index in [0.29, 0.717) is 19.4 Å². The van der Waals surface area contributed by atoms with E-state index >= 15 is 0 Å². The van der Waals surface area contributed by atoms with E-state index in [2.05, 4.69) is 6.07 Å². The van der Waals surface area contributed by atoms with Gasteiger partial charge in [0.2, 0.25) is 5.91 Å². The molecule has 0 aromatic heterocycles. The molecule has 4 heteroatoms. The minimum atomic E-state index is -0.825. The molecule has 20 heavy (non-hydrogen) atoms. The van der Waals surface area contributed by atoms with Gasteiger partial charge in [0.1, 0.15) is 5.41 Å². The van der Waals surface area contributed by atoms with Crippen LogP contribution in [0.1, 0.15) is 64.2 Å². The maximum atomic E-state index is 13.0. The van der Waals surface area contributed by atoms with Crippen molar-refractivity contribution in [3.8, 4) is 6.07 Å². The number of carbonyl (C=O) groups is 1. The lowest BCUT2D eigenvalue weighted by atomic mass is 9.80. The van der Waals surface area contributed by atoms with Crippen molar-refractivity contribution in [1.82, 2.24) is 4.90 Å². The molecule has 1 aliphatic carbocycles. The zero-order valence-electron chi connectivity index (χ0n) is 12.3. The van der Waals surface area contributed by atoms with Gasteiger partial charge in [-0.05, 0) is 25.7 Å². The highest BCUT2D eigenvalue weighted by molar-refractivity contribution is 5.85. The summed E-state index contributed by atoms with van der Waals surface area (Å²) in [6.07, 6.45) is 9.60. The number of nitrogens with zero attached hydrogens (tertiary/aromatic N) is 2. The molecule has 1 heterocycles. The monoisotopic (exact) mass is 278 g/mol. The molecule has 1 atom stereocenters. The molecule has 1 saturated carbocycles. The average molecular weight is 278 g/mol. The number of carbonyl (C=O) groups excluding carboxylic acids is 1. The summed E-state index contributed by atoms with van der Waals surface area (Å²) < 4.78 is 0. The SMILES string of the molecule is N#CC1(C(=O)N2CCCCCC2CO)CCCCCC1. The van der Waals surface area contributed by atoms with Gasteiger partial charge < -0.3 is 10.0 Å². The second kappa shape index (κ2) is 7.08. The van der Waals surface area contributed by atoms with E-state index < -0.39 is 5.41 Å². The van der Waals surface area contributed by atoms with Crippen LogP contribution in [-0.2, 0) is 4.79 Å². The summed E-state index contributed by atoms with van der Waals surface area (Å²) in [7, 11) is 0. The van der Waals surface area contributed by atoms with Gasteiger partial charge in [0.05, 0.1) is 18.7 Å². The summed E-state index contributed by atoms with van der Waals surface area (Å²) in [5.74, 6) is -0.0112. The Hall–Kier alpha value is -1.08. The van der Waals surface area contributed by atoms with Crippen LogP contribution in [0.3, 0.4) is 0 Å². The second-order valence-electron chi connectivity index (χ2n) is 6.29. The van der Waals surface area contributed by atoms with Crippen molar-refractivity contribution < 1.29 is 9.90 Å². The molecule has 1 N–H and O–H groups in total. The topological polar surface area (TPSA) is 64.3 Å². The molecule has 0 aromatic carbocycles. The van der Waals surface area contributed by atoms with Crippen molar-refractivity contribution in [2.24, 2.45) is 5.41 Å². The zero-order valence-corrected chi connectivity index (χ0v) is 12.3. The van der Waals surface area contributed by atoms with E-state index in [9.17, 15) is 15.2 Å². The number of likely N-dealkylation sites (tertiary alicyclic amines) is 1. The van der Waals surface area contributed by atoms with Gasteiger partial charge in [-0.1, -0.05) is 38.5 Å². The van der Waals surface area contributed by atoms with Crippen LogP contribution in [0, 0.1) is 16.7 Å². The van der Waals surface area contributed by atoms with Gasteiger partial charge in [0, 0.05) is 6.54 Å². The van der Waals surface area contributed by atoms with Gasteiger partial charge >= 0.3 is 0 Å². The second-order valence-corrected chi connectivity index (χ2v) is 6.29. The quantitative estimate of drug-likeness (QED) is 0.790. The van der Waals surface area contributed by atoms with Crippen LogP contribution in [0.4, 0.5) is 0 Å². The summed E-state index contributed by atoms with van der Waals surface area (Å²) in [5, 5.41) is 19.2. The van der Waals surface area contributed by atoms with Gasteiger partial charge in [-0.2, -0.15) is 5.26 Å². The van der Waals surface area contributed by atoms with Crippen molar-refractivity contribution in [1.29, 1.82) is 5.26 Å². The lowest BCUT2D eigenvalue weighted by Gasteiger charge is -2.35. The first-order valence-electron chi connectivity index (χ1n) is 8.07. The van der Waals surface area contributed by atoms with Crippen molar-refractivity contribution in [3.05, 3.63) is 0 Å². The molecular weight excluding hydrogens is 252 g/mol. The van der Waals surface area contributed by atoms with Gasteiger partial charge in [-0.3, -0.25) is 4.79 Å². The summed E-state index contributed by atoms with van der Waals surface area (Å²) in [6, 6.07) is 2.26. The number of amides is 1. The molecule has 112 valence electrons. The lowest BCUT2D eigenvalue weighted by molar-refractivity contribution is -0.143. The van der Waals surface area contributed by atoms with Crippen LogP contribution in [0.15, 0.2) is 0 Å². The standard InChI is InChI=1S/C16H26N2O2/c17-13-16(9-5-1-2-6-10-16)15(20)18-11-7-3-4-8-14(18)12-19/h14,19H,1-12H2. The van der Waals surface area contributed by atoms with Gasteiger partial charge in [-0.15, -0.1) is 0 Å². The fourth-order valence-electron chi connectivity index (χ4n) is 3.62. The molecule has 4 nitrogen and oxygen atoms in total. The molecule has 2 aliphatic rings. The fraction of sp³-hybridized carbons (Fsp3) is 0.875. The van der Waals surface area contributed by atoms with Crippen LogP contribution in [-0.4, -0.2) is 35.1 Å². The molecule has 0 aromatic rings. The van der Waals surface area contributed by atoms with E-state index in [1.807, 2.05) is 4.90 Å². The first-order valence-corrected chi connectivity index (χ1v) is 8.07. The third-order valence-corrected chi connectivity index (χ3v) is 4.93. The smallest absolute Gasteiger partial charge is 0.243 e. The van der Waals surface area contributed by atoms with Gasteiger partial charge in [-0.25, -0.2) is 0 Å². The predicted molar refractivity (Wildman–Crippen MR) is 76.8 cm³/mol. The van der Waals surface area contributed by atoms with Crippen molar-refractivity contribution in [2.75, 3.05) is 13.2 Å². The van der Waals surface area contributed by atoms with E-state index in [0.717, 1.165) is 51.4 Å². The largest absolute Gasteiger partial charge is 0.394 e. The highest BCUT2D eigenvalue weighted by Crippen LogP contribution is 2.37. The van der Waals surface area contributed by atoms with E-state index in [4.69, 9.17) is 0 Å². The Kier molecular flexibility index (Phi) is 5.42. The molecule has 2 rings (SSSR count). The maximum Gasteiger partial charge on any atom is 0.243 e. The van der Waals surface area contributed by atoms with Gasteiger partial charge in [0.15, 0.2) is 0 Å². The molecule has 0 spiro atoms. The average Bonchev–Trinajstić information content (AvgIpc) is 2.87. The molecule has 1 unspecified atom stereocenters. The first-order chi connectivity index (χ1) is 9.73. The number of aliphatic hydroxyl groups excluding tert-OH is 1. The number of aliphatic hydroxyl groups is 1. The number of nitriles is 1. The van der Waals surface area contributed by atoms with Gasteiger partial charge in [0.25, 0.3) is 0 Å². The van der Waals surface area contributed by atoms with E-state index in [1.165, 1.54) is 0 Å². The number of rotatable bonds is 2. The Morgan fingerprint density at radius 3 is 2.40 bits per heavy atom. The van der Waals surface area contributed by atoms with Crippen molar-refractivity contribution in [3.63, 3.8) is 0 Å². The van der Waals surface area contributed by atoms with Crippen LogP contribution < -0.4 is 0 Å². The number of hydrogen-bond donors (Lipinski definition) is 1. The van der Waals surface area contributed by atoms with Crippen molar-refractivity contribution in [2.45, 2.75) is 70.3 Å². The van der Waals surface area contributed by atoms with E-state index in [-0.39, 0.29) is 18.6 Å².